The number of carboxylic acids is 1. The average molecular weight is 1160 g/mol. The van der Waals surface area contributed by atoms with Crippen molar-refractivity contribution in [3.05, 3.63) is 94.3 Å². The normalized spacial score (nSPS) is 13.6. The van der Waals surface area contributed by atoms with Crippen LogP contribution >= 0.6 is 0 Å². The number of pyridine rings is 2. The number of carbonyl (C=O) groups is 5. The number of esters is 2. The molecule has 4 aromatic rings. The van der Waals surface area contributed by atoms with Crippen molar-refractivity contribution in [1.29, 1.82) is 0 Å². The number of anilines is 2. The molecular weight excluding hydrogens is 1060 g/mol. The minimum atomic E-state index is -0.886. The van der Waals surface area contributed by atoms with Crippen molar-refractivity contribution in [2.45, 2.75) is 235 Å². The van der Waals surface area contributed by atoms with Gasteiger partial charge in [-0.3, -0.25) is 24.2 Å². The monoisotopic (exact) mass is 1150 g/mol. The number of aliphatic hydroxyl groups excluding tert-OH is 1. The van der Waals surface area contributed by atoms with Crippen molar-refractivity contribution in [2.24, 2.45) is 0 Å². The van der Waals surface area contributed by atoms with E-state index in [1.165, 1.54) is 0 Å². The summed E-state index contributed by atoms with van der Waals surface area (Å²) in [7, 11) is 0. The molecule has 19 heteroatoms. The van der Waals surface area contributed by atoms with Gasteiger partial charge in [-0.05, 0) is 172 Å². The third kappa shape index (κ3) is 25.4. The summed E-state index contributed by atoms with van der Waals surface area (Å²) >= 11 is 0. The third-order valence-corrected chi connectivity index (χ3v) is 13.8. The molecule has 2 aliphatic rings. The number of unbranched alkanes of at least 4 members (excludes halogenated alkanes) is 6. The second-order valence-corrected chi connectivity index (χ2v) is 22.9. The van der Waals surface area contributed by atoms with Crippen LogP contribution in [0.1, 0.15) is 230 Å². The lowest BCUT2D eigenvalue weighted by Gasteiger charge is -2.31. The van der Waals surface area contributed by atoms with Gasteiger partial charge in [-0.25, -0.2) is 39.5 Å². The van der Waals surface area contributed by atoms with Crippen molar-refractivity contribution in [3.63, 3.8) is 0 Å². The molecule has 83 heavy (non-hydrogen) atoms. The summed E-state index contributed by atoms with van der Waals surface area (Å²) in [5, 5.41) is 17.9. The van der Waals surface area contributed by atoms with Crippen LogP contribution in [0.2, 0.25) is 0 Å². The molecule has 0 fully saturated rings. The average Bonchev–Trinajstić information content (AvgIpc) is 3.33. The minimum absolute atomic E-state index is 0. The van der Waals surface area contributed by atoms with Gasteiger partial charge in [0.05, 0.1) is 32.5 Å². The fraction of sp³-hybridized carbons (Fsp3) is 0.641. The molecule has 2 amide bonds. The van der Waals surface area contributed by atoms with Gasteiger partial charge in [0.2, 0.25) is 0 Å². The molecule has 6 rings (SSSR count). The number of aliphatic hydroxyl groups is 1. The maximum absolute atomic E-state index is 12.8. The molecule has 6 heterocycles. The van der Waals surface area contributed by atoms with Crippen LogP contribution in [-0.2, 0) is 71.9 Å². The number of aryl methyl sites for hydroxylation is 6. The molecule has 2 aliphatic heterocycles. The van der Waals surface area contributed by atoms with Gasteiger partial charge in [0, 0.05) is 68.7 Å². The van der Waals surface area contributed by atoms with E-state index in [0.717, 1.165) is 148 Å². The summed E-state index contributed by atoms with van der Waals surface area (Å²) in [4.78, 5) is 91.3. The molecule has 0 unspecified atom stereocenters. The fourth-order valence-corrected chi connectivity index (χ4v) is 9.81. The predicted molar refractivity (Wildman–Crippen MR) is 323 cm³/mol. The quantitative estimate of drug-likeness (QED) is 0.0305. The molecule has 0 aromatic carbocycles. The molecule has 0 bridgehead atoms. The number of amides is 2. The Balaban J connectivity index is 0.000000425. The molecule has 0 spiro atoms. The molecule has 460 valence electrons. The Labute approximate surface area is 494 Å². The Kier molecular flexibility index (Phi) is 30.8. The fourth-order valence-electron chi connectivity index (χ4n) is 9.81. The van der Waals surface area contributed by atoms with Gasteiger partial charge in [0.25, 0.3) is 0 Å². The Bertz CT molecular complexity index is 2600. The van der Waals surface area contributed by atoms with Gasteiger partial charge in [0.1, 0.15) is 34.5 Å². The van der Waals surface area contributed by atoms with E-state index in [2.05, 4.69) is 44.2 Å². The third-order valence-electron chi connectivity index (χ3n) is 13.8. The van der Waals surface area contributed by atoms with E-state index >= 15 is 0 Å². The number of carbonyl (C=O) groups excluding carboxylic acids is 4. The molecule has 0 radical (unpaired) electrons. The SMILES string of the molecule is C.C.CCOC(=O)C[C@H](CCCCCCc1ccc2c(n1)N(C(=O)OC(C)(C)C)CCC2)c1cnc(CCC(=O)O)nc1.CCOC(=O)C[C@H](CCCCCCc1ccc2c(n1)N(C(=O)OC(C)(C)C)CCC2)c1cnc(CCCO)nc1. The largest absolute Gasteiger partial charge is 0.481 e. The van der Waals surface area contributed by atoms with Gasteiger partial charge in [-0.2, -0.15) is 0 Å². The number of fused-ring (bicyclic) bond motifs is 2. The topological polar surface area (TPSA) is 247 Å². The highest BCUT2D eigenvalue weighted by atomic mass is 16.6. The molecule has 19 nitrogen and oxygen atoms in total. The standard InChI is InChI=1S/C31H44N4O6.C31H46N4O5.2CH4/c1-5-40-28(38)19-23(24-20-32-26(33-21-24)16-17-27(36)37)11-8-6-7-9-13-25-15-14-22-12-10-18-35(29(22)34-25)30(39)41-31(2,3)4;1-5-39-28(37)20-24(25-21-32-27(33-22-25)15-11-19-36)12-8-6-7-9-14-26-17-16-23-13-10-18-35(29(23)34-26)30(38)40-31(2,3)4;;/h14-15,20-21,23H,5-13,16-19H2,1-4H3,(H,36,37);16-17,21-22,24,36H,5-15,18-20H2,1-4H3;2*1H4/t23-;24-;;/m00../s1. The van der Waals surface area contributed by atoms with Crippen molar-refractivity contribution in [2.75, 3.05) is 42.7 Å². The number of hydrogen-bond acceptors (Lipinski definition) is 16. The first kappa shape index (κ1) is 70.6. The number of hydrogen-bond donors (Lipinski definition) is 2. The first-order valence-electron chi connectivity index (χ1n) is 29.5. The highest BCUT2D eigenvalue weighted by Crippen LogP contribution is 2.31. The first-order valence-corrected chi connectivity index (χ1v) is 29.5. The van der Waals surface area contributed by atoms with E-state index in [1.807, 2.05) is 60.9 Å². The molecule has 0 aliphatic carbocycles. The zero-order chi connectivity index (χ0) is 58.8. The number of nitrogens with zero attached hydrogens (tertiary/aromatic N) is 8. The van der Waals surface area contributed by atoms with Crippen LogP contribution in [0.4, 0.5) is 21.2 Å². The highest BCUT2D eigenvalue weighted by molar-refractivity contribution is 5.89. The van der Waals surface area contributed by atoms with Crippen molar-refractivity contribution >= 4 is 41.7 Å². The predicted octanol–water partition coefficient (Wildman–Crippen LogP) is 12.8. The molecule has 4 aromatic heterocycles. The minimum Gasteiger partial charge on any atom is -0.481 e. The molecule has 0 saturated carbocycles. The van der Waals surface area contributed by atoms with E-state index in [9.17, 15) is 24.0 Å². The van der Waals surface area contributed by atoms with Crippen LogP contribution < -0.4 is 9.80 Å². The van der Waals surface area contributed by atoms with Crippen molar-refractivity contribution < 1.29 is 53.1 Å². The van der Waals surface area contributed by atoms with E-state index in [-0.39, 0.29) is 76.7 Å². The number of aromatic nitrogens is 6. The maximum atomic E-state index is 12.8. The number of carboxylic acid groups (broad SMARTS) is 1. The smallest absolute Gasteiger partial charge is 0.416 e. The van der Waals surface area contributed by atoms with Gasteiger partial charge in [0.15, 0.2) is 0 Å². The summed E-state index contributed by atoms with van der Waals surface area (Å²) in [6, 6.07) is 8.33. The summed E-state index contributed by atoms with van der Waals surface area (Å²) in [6.45, 7) is 16.9. The van der Waals surface area contributed by atoms with Gasteiger partial charge in [-0.1, -0.05) is 65.5 Å². The van der Waals surface area contributed by atoms with Crippen LogP contribution in [0.3, 0.4) is 0 Å². The second-order valence-electron chi connectivity index (χ2n) is 22.9. The second kappa shape index (κ2) is 36.2. The van der Waals surface area contributed by atoms with Gasteiger partial charge in [-0.15, -0.1) is 0 Å². The van der Waals surface area contributed by atoms with Crippen LogP contribution in [0.5, 0.6) is 0 Å². The Morgan fingerprint density at radius 1 is 0.554 bits per heavy atom. The highest BCUT2D eigenvalue weighted by Gasteiger charge is 2.30. The van der Waals surface area contributed by atoms with Crippen LogP contribution in [0.25, 0.3) is 0 Å². The number of aliphatic carboxylic acids is 1. The number of rotatable bonds is 28. The first-order chi connectivity index (χ1) is 38.7. The van der Waals surface area contributed by atoms with E-state index in [0.29, 0.717) is 57.2 Å². The lowest BCUT2D eigenvalue weighted by Crippen LogP contribution is -2.40. The Morgan fingerprint density at radius 3 is 1.33 bits per heavy atom. The van der Waals surface area contributed by atoms with Crippen LogP contribution in [0.15, 0.2) is 49.1 Å². The summed E-state index contributed by atoms with van der Waals surface area (Å²) in [5.74, 6) is 1.29. The lowest BCUT2D eigenvalue weighted by molar-refractivity contribution is -0.144. The van der Waals surface area contributed by atoms with Crippen LogP contribution in [0, 0.1) is 0 Å². The maximum Gasteiger partial charge on any atom is 0.416 e. The molecule has 2 N–H and O–H groups in total. The Morgan fingerprint density at radius 2 is 0.952 bits per heavy atom. The van der Waals surface area contributed by atoms with Gasteiger partial charge >= 0.3 is 30.1 Å². The van der Waals surface area contributed by atoms with E-state index < -0.39 is 17.2 Å². The Hall–Kier alpha value is -6.63. The molecular formula is C64H98N8O11. The van der Waals surface area contributed by atoms with E-state index in [1.54, 1.807) is 29.1 Å². The van der Waals surface area contributed by atoms with Crippen LogP contribution in [-0.4, -0.2) is 114 Å². The zero-order valence-corrected chi connectivity index (χ0v) is 49.5. The summed E-state index contributed by atoms with van der Waals surface area (Å²) < 4.78 is 21.6. The summed E-state index contributed by atoms with van der Waals surface area (Å²) in [6.07, 6.45) is 23.5. The molecule has 0 saturated heterocycles. The van der Waals surface area contributed by atoms with E-state index in [4.69, 9.17) is 39.1 Å². The zero-order valence-electron chi connectivity index (χ0n) is 49.5. The van der Waals surface area contributed by atoms with Crippen molar-refractivity contribution in [3.8, 4) is 0 Å². The number of ether oxygens (including phenoxy) is 4. The summed E-state index contributed by atoms with van der Waals surface area (Å²) in [5.41, 5.74) is 4.86. The molecule has 2 atom stereocenters. The van der Waals surface area contributed by atoms with Crippen molar-refractivity contribution in [1.82, 2.24) is 29.9 Å². The van der Waals surface area contributed by atoms with Gasteiger partial charge < -0.3 is 29.2 Å². The lowest BCUT2D eigenvalue weighted by atomic mass is 9.92.